The normalized spacial score (nSPS) is 21.3. The molecule has 0 radical (unpaired) electrons. The number of rotatable bonds is 2. The quantitative estimate of drug-likeness (QED) is 0.745. The highest BCUT2D eigenvalue weighted by atomic mass is 16.5. The van der Waals surface area contributed by atoms with Crippen molar-refractivity contribution in [3.63, 3.8) is 0 Å². The highest BCUT2D eigenvalue weighted by Gasteiger charge is 2.35. The number of hydrogen-bond acceptors (Lipinski definition) is 4. The molecule has 2 aliphatic rings. The third kappa shape index (κ3) is 2.21. The number of nitrogens with one attached hydrogen (secondary N) is 1. The van der Waals surface area contributed by atoms with Gasteiger partial charge in [0.1, 0.15) is 11.9 Å². The van der Waals surface area contributed by atoms with Gasteiger partial charge in [-0.2, -0.15) is 0 Å². The van der Waals surface area contributed by atoms with Crippen LogP contribution in [0.15, 0.2) is 24.5 Å². The fourth-order valence-corrected chi connectivity index (χ4v) is 3.75. The van der Waals surface area contributed by atoms with Crippen molar-refractivity contribution < 1.29 is 14.9 Å². The Kier molecular flexibility index (Phi) is 3.39. The fraction of sp³-hybridized carbons (Fsp3) is 0.471. The Morgan fingerprint density at radius 2 is 2.05 bits per heavy atom. The van der Waals surface area contributed by atoms with Crippen LogP contribution in [0.5, 0.6) is 5.75 Å². The molecule has 1 atom stereocenters. The minimum Gasteiger partial charge on any atom is -0.483 e. The maximum atomic E-state index is 9.49. The van der Waals surface area contributed by atoms with Crippen molar-refractivity contribution in [2.45, 2.75) is 44.5 Å². The van der Waals surface area contributed by atoms with Crippen molar-refractivity contribution in [1.29, 1.82) is 0 Å². The van der Waals surface area contributed by atoms with Crippen LogP contribution in [-0.4, -0.2) is 20.2 Å². The molecule has 1 unspecified atom stereocenters. The fourth-order valence-electron chi connectivity index (χ4n) is 3.75. The topological polar surface area (TPSA) is 78.4 Å². The molecule has 1 aliphatic heterocycles. The molecule has 1 saturated carbocycles. The van der Waals surface area contributed by atoms with Crippen LogP contribution in [0.25, 0.3) is 11.3 Å². The molecule has 116 valence electrons. The lowest BCUT2D eigenvalue weighted by atomic mass is 9.81. The van der Waals surface area contributed by atoms with Gasteiger partial charge in [-0.05, 0) is 25.0 Å². The van der Waals surface area contributed by atoms with E-state index in [1.54, 1.807) is 12.4 Å². The second kappa shape index (κ2) is 5.41. The summed E-state index contributed by atoms with van der Waals surface area (Å²) in [5, 5.41) is 19.0. The van der Waals surface area contributed by atoms with E-state index in [4.69, 9.17) is 4.74 Å². The first-order chi connectivity index (χ1) is 10.7. The van der Waals surface area contributed by atoms with Crippen LogP contribution in [0.2, 0.25) is 0 Å². The number of H-pyrrole nitrogens is 1. The Hall–Kier alpha value is -1.85. The molecule has 4 rings (SSSR count). The summed E-state index contributed by atoms with van der Waals surface area (Å²) in [6.45, 7) is 0. The lowest BCUT2D eigenvalue weighted by Crippen LogP contribution is -2.24. The first-order valence-corrected chi connectivity index (χ1v) is 7.94. The molecule has 5 heteroatoms. The average Bonchev–Trinajstić information content (AvgIpc) is 3.01. The van der Waals surface area contributed by atoms with Crippen LogP contribution >= 0.6 is 0 Å². The largest absolute Gasteiger partial charge is 0.483 e. The summed E-state index contributed by atoms with van der Waals surface area (Å²) >= 11 is 0. The van der Waals surface area contributed by atoms with Crippen LogP contribution in [0.1, 0.15) is 55.8 Å². The Morgan fingerprint density at radius 1 is 1.23 bits per heavy atom. The van der Waals surface area contributed by atoms with E-state index in [0.29, 0.717) is 11.6 Å². The summed E-state index contributed by atoms with van der Waals surface area (Å²) in [4.78, 5) is 7.31. The molecule has 22 heavy (non-hydrogen) atoms. The molecule has 0 amide bonds. The van der Waals surface area contributed by atoms with Gasteiger partial charge in [0.05, 0.1) is 17.6 Å². The zero-order valence-electron chi connectivity index (χ0n) is 12.3. The number of aliphatic hydroxyl groups is 2. The van der Waals surface area contributed by atoms with E-state index in [0.717, 1.165) is 35.4 Å². The van der Waals surface area contributed by atoms with E-state index in [1.165, 1.54) is 19.3 Å². The number of hydrogen-bond donors (Lipinski definition) is 3. The molecule has 3 N–H and O–H groups in total. The van der Waals surface area contributed by atoms with Crippen molar-refractivity contribution >= 4 is 0 Å². The van der Waals surface area contributed by atoms with Crippen molar-refractivity contribution in [1.82, 2.24) is 9.97 Å². The molecule has 1 aliphatic carbocycles. The molecular weight excluding hydrogens is 280 g/mol. The Bertz CT molecular complexity index is 674. The maximum Gasteiger partial charge on any atom is 0.193 e. The van der Waals surface area contributed by atoms with E-state index in [9.17, 15) is 10.2 Å². The first-order valence-electron chi connectivity index (χ1n) is 7.94. The third-order valence-electron chi connectivity index (χ3n) is 4.84. The maximum absolute atomic E-state index is 9.49. The lowest BCUT2D eigenvalue weighted by molar-refractivity contribution is -0.0454. The van der Waals surface area contributed by atoms with Gasteiger partial charge in [0.25, 0.3) is 0 Å². The number of aromatic amines is 1. The Balaban J connectivity index is 1.80. The van der Waals surface area contributed by atoms with Gasteiger partial charge >= 0.3 is 0 Å². The van der Waals surface area contributed by atoms with E-state index in [2.05, 4.69) is 9.97 Å². The van der Waals surface area contributed by atoms with Gasteiger partial charge in [-0.3, -0.25) is 4.98 Å². The third-order valence-corrected chi connectivity index (χ3v) is 4.84. The molecular formula is C17H20N2O3. The number of fused-ring (bicyclic) bond motifs is 3. The predicted molar refractivity (Wildman–Crippen MR) is 81.1 cm³/mol. The summed E-state index contributed by atoms with van der Waals surface area (Å²) < 4.78 is 6.25. The number of aromatic nitrogens is 2. The average molecular weight is 300 g/mol. The molecule has 0 aromatic carbocycles. The van der Waals surface area contributed by atoms with Crippen LogP contribution < -0.4 is 4.74 Å². The highest BCUT2D eigenvalue weighted by Crippen LogP contribution is 2.47. The van der Waals surface area contributed by atoms with Gasteiger partial charge in [0.15, 0.2) is 6.29 Å². The van der Waals surface area contributed by atoms with Crippen molar-refractivity contribution in [3.8, 4) is 17.0 Å². The number of aliphatic hydroxyl groups excluding tert-OH is 1. The Morgan fingerprint density at radius 3 is 2.82 bits per heavy atom. The van der Waals surface area contributed by atoms with E-state index in [-0.39, 0.29) is 6.10 Å². The van der Waals surface area contributed by atoms with Crippen molar-refractivity contribution in [3.05, 3.63) is 35.8 Å². The second-order valence-electron chi connectivity index (χ2n) is 6.24. The monoisotopic (exact) mass is 300 g/mol. The molecule has 0 spiro atoms. The van der Waals surface area contributed by atoms with Gasteiger partial charge in [-0.15, -0.1) is 0 Å². The minimum atomic E-state index is -1.50. The van der Waals surface area contributed by atoms with Gasteiger partial charge in [0, 0.05) is 23.2 Å². The van der Waals surface area contributed by atoms with Crippen LogP contribution in [0.4, 0.5) is 0 Å². The summed E-state index contributed by atoms with van der Waals surface area (Å²) in [5.41, 5.74) is 3.32. The number of ether oxygens (including phenoxy) is 1. The molecule has 2 aromatic rings. The van der Waals surface area contributed by atoms with E-state index >= 15 is 0 Å². The van der Waals surface area contributed by atoms with Crippen LogP contribution in [0.3, 0.4) is 0 Å². The smallest absolute Gasteiger partial charge is 0.193 e. The van der Waals surface area contributed by atoms with Gasteiger partial charge < -0.3 is 19.9 Å². The summed E-state index contributed by atoms with van der Waals surface area (Å²) in [5.74, 6) is 1.24. The van der Waals surface area contributed by atoms with Crippen LogP contribution in [0, 0.1) is 5.92 Å². The molecule has 0 saturated heterocycles. The van der Waals surface area contributed by atoms with Gasteiger partial charge in [-0.1, -0.05) is 19.3 Å². The van der Waals surface area contributed by atoms with Crippen LogP contribution in [-0.2, 0) is 0 Å². The zero-order chi connectivity index (χ0) is 15.1. The van der Waals surface area contributed by atoms with Crippen molar-refractivity contribution in [2.24, 2.45) is 5.92 Å². The summed E-state index contributed by atoms with van der Waals surface area (Å²) in [6, 6.07) is 3.73. The zero-order valence-corrected chi connectivity index (χ0v) is 12.3. The van der Waals surface area contributed by atoms with Crippen molar-refractivity contribution in [2.75, 3.05) is 0 Å². The standard InChI is InChI=1S/C17H20N2O3/c20-17(21)13-8-12-15(19-13)11-6-7-18-9-14(11)22-16(12)10-4-2-1-3-5-10/h6-10,16-17,19-21H,1-5H2. The number of pyridine rings is 1. The van der Waals surface area contributed by atoms with E-state index in [1.807, 2.05) is 12.1 Å². The SMILES string of the molecule is OC(O)c1cc2c([nH]1)-c1ccncc1OC2C1CCCCC1. The summed E-state index contributed by atoms with van der Waals surface area (Å²) in [6.07, 6.45) is 8.01. The van der Waals surface area contributed by atoms with E-state index < -0.39 is 6.29 Å². The minimum absolute atomic E-state index is 0.0317. The predicted octanol–water partition coefficient (Wildman–Crippen LogP) is 3.07. The number of nitrogens with zero attached hydrogens (tertiary/aromatic N) is 1. The molecule has 0 bridgehead atoms. The summed E-state index contributed by atoms with van der Waals surface area (Å²) in [7, 11) is 0. The van der Waals surface area contributed by atoms with Gasteiger partial charge in [-0.25, -0.2) is 0 Å². The highest BCUT2D eigenvalue weighted by molar-refractivity contribution is 5.72. The molecule has 2 aromatic heterocycles. The molecule has 5 nitrogen and oxygen atoms in total. The first kappa shape index (κ1) is 13.8. The molecule has 3 heterocycles. The van der Waals surface area contributed by atoms with Gasteiger partial charge in [0.2, 0.25) is 0 Å². The second-order valence-corrected chi connectivity index (χ2v) is 6.24. The Labute approximate surface area is 129 Å². The lowest BCUT2D eigenvalue weighted by Gasteiger charge is -2.34. The molecule has 1 fully saturated rings.